The number of hydrogen-bond donors (Lipinski definition) is 0. The zero-order valence-electron chi connectivity index (χ0n) is 17.3. The van der Waals surface area contributed by atoms with E-state index in [4.69, 9.17) is 11.6 Å². The van der Waals surface area contributed by atoms with Crippen LogP contribution in [0, 0.1) is 0 Å². The lowest BCUT2D eigenvalue weighted by atomic mass is 9.98. The number of aryl methyl sites for hydroxylation is 1. The van der Waals surface area contributed by atoms with Crippen molar-refractivity contribution in [2.24, 2.45) is 7.05 Å². The molecule has 0 bridgehead atoms. The lowest BCUT2D eigenvalue weighted by Gasteiger charge is -2.29. The Morgan fingerprint density at radius 3 is 2.52 bits per heavy atom. The number of rotatable bonds is 6. The minimum atomic E-state index is -3.96. The summed E-state index contributed by atoms with van der Waals surface area (Å²) in [5.41, 5.74) is 2.66. The molecule has 2 aromatic carbocycles. The molecule has 0 aliphatic carbocycles. The molecule has 4 rings (SSSR count). The van der Waals surface area contributed by atoms with Crippen LogP contribution < -0.4 is 4.31 Å². The van der Waals surface area contributed by atoms with Gasteiger partial charge in [0.25, 0.3) is 15.9 Å². The second kappa shape index (κ2) is 8.36. The molecule has 9 heteroatoms. The second-order valence-electron chi connectivity index (χ2n) is 7.44. The SMILES string of the molecule is CCN1CCc2ccc(N(Cc3ccc(Cl)cc3)S(=O)(=O)c3ccn(C)n3)cc2C1=O. The average molecular weight is 459 g/mol. The number of amides is 1. The highest BCUT2D eigenvalue weighted by Gasteiger charge is 2.30. The fourth-order valence-electron chi connectivity index (χ4n) is 3.68. The summed E-state index contributed by atoms with van der Waals surface area (Å²) in [7, 11) is -2.30. The van der Waals surface area contributed by atoms with Crippen LogP contribution in [0.3, 0.4) is 0 Å². The summed E-state index contributed by atoms with van der Waals surface area (Å²) >= 11 is 5.99. The molecule has 162 valence electrons. The third-order valence-electron chi connectivity index (χ3n) is 5.41. The van der Waals surface area contributed by atoms with Gasteiger partial charge in [0.15, 0.2) is 5.03 Å². The van der Waals surface area contributed by atoms with Crippen LogP contribution >= 0.6 is 11.6 Å². The maximum absolute atomic E-state index is 13.5. The van der Waals surface area contributed by atoms with Gasteiger partial charge in [-0.1, -0.05) is 29.8 Å². The number of carbonyl (C=O) groups excluding carboxylic acids is 1. The monoisotopic (exact) mass is 458 g/mol. The van der Waals surface area contributed by atoms with Crippen molar-refractivity contribution in [3.8, 4) is 0 Å². The van der Waals surface area contributed by atoms with Crippen molar-refractivity contribution in [3.63, 3.8) is 0 Å². The van der Waals surface area contributed by atoms with Gasteiger partial charge in [0.1, 0.15) is 0 Å². The van der Waals surface area contributed by atoms with E-state index in [-0.39, 0.29) is 17.5 Å². The summed E-state index contributed by atoms with van der Waals surface area (Å²) in [6.45, 7) is 3.30. The van der Waals surface area contributed by atoms with Gasteiger partial charge in [0.2, 0.25) is 0 Å². The number of hydrogen-bond acceptors (Lipinski definition) is 4. The smallest absolute Gasteiger partial charge is 0.283 e. The van der Waals surface area contributed by atoms with Crippen LogP contribution in [0.25, 0.3) is 0 Å². The summed E-state index contributed by atoms with van der Waals surface area (Å²) < 4.78 is 29.8. The maximum atomic E-state index is 13.5. The molecule has 1 aliphatic rings. The van der Waals surface area contributed by atoms with Gasteiger partial charge < -0.3 is 4.90 Å². The molecule has 0 saturated heterocycles. The Balaban J connectivity index is 1.80. The minimum Gasteiger partial charge on any atom is -0.339 e. The molecule has 1 aliphatic heterocycles. The van der Waals surface area contributed by atoms with E-state index in [1.807, 2.05) is 13.0 Å². The zero-order chi connectivity index (χ0) is 22.2. The quantitative estimate of drug-likeness (QED) is 0.566. The minimum absolute atomic E-state index is 0.0526. The number of anilines is 1. The standard InChI is InChI=1S/C22H23ClN4O3S/c1-3-26-13-10-17-6-9-19(14-20(17)22(26)28)27(15-16-4-7-18(23)8-5-16)31(29,30)21-11-12-25(2)24-21/h4-9,11-12,14H,3,10,13,15H2,1-2H3. The number of nitrogens with zero attached hydrogens (tertiary/aromatic N) is 4. The van der Waals surface area contributed by atoms with E-state index in [0.717, 1.165) is 17.5 Å². The van der Waals surface area contributed by atoms with Crippen molar-refractivity contribution in [1.82, 2.24) is 14.7 Å². The van der Waals surface area contributed by atoms with Crippen LogP contribution in [0.1, 0.15) is 28.4 Å². The molecular weight excluding hydrogens is 436 g/mol. The van der Waals surface area contributed by atoms with E-state index in [9.17, 15) is 13.2 Å². The third-order valence-corrected chi connectivity index (χ3v) is 7.33. The number of likely N-dealkylation sites (N-methyl/N-ethyl adjacent to an activating group) is 1. The van der Waals surface area contributed by atoms with E-state index < -0.39 is 10.0 Å². The van der Waals surface area contributed by atoms with Gasteiger partial charge in [-0.15, -0.1) is 0 Å². The summed E-state index contributed by atoms with van der Waals surface area (Å²) in [6.07, 6.45) is 2.34. The van der Waals surface area contributed by atoms with Crippen molar-refractivity contribution in [1.29, 1.82) is 0 Å². The highest BCUT2D eigenvalue weighted by Crippen LogP contribution is 2.30. The number of aromatic nitrogens is 2. The highest BCUT2D eigenvalue weighted by atomic mass is 35.5. The van der Waals surface area contributed by atoms with Gasteiger partial charge in [-0.05, 0) is 54.8 Å². The molecule has 1 amide bonds. The third kappa shape index (κ3) is 4.18. The first-order valence-electron chi connectivity index (χ1n) is 9.98. The number of halogens is 1. The molecule has 0 saturated carbocycles. The number of fused-ring (bicyclic) bond motifs is 1. The van der Waals surface area contributed by atoms with E-state index >= 15 is 0 Å². The molecule has 0 spiro atoms. The summed E-state index contributed by atoms with van der Waals surface area (Å²) in [4.78, 5) is 14.6. The molecule has 0 fully saturated rings. The molecular formula is C22H23ClN4O3S. The number of carbonyl (C=O) groups is 1. The van der Waals surface area contributed by atoms with Crippen LogP contribution in [0.5, 0.6) is 0 Å². The van der Waals surface area contributed by atoms with Crippen LogP contribution in [-0.4, -0.2) is 42.1 Å². The van der Waals surface area contributed by atoms with Crippen molar-refractivity contribution < 1.29 is 13.2 Å². The molecule has 0 radical (unpaired) electrons. The summed E-state index contributed by atoms with van der Waals surface area (Å²) in [6, 6.07) is 13.7. The molecule has 31 heavy (non-hydrogen) atoms. The molecule has 2 heterocycles. The largest absolute Gasteiger partial charge is 0.339 e. The van der Waals surface area contributed by atoms with Gasteiger partial charge in [-0.3, -0.25) is 13.8 Å². The Labute approximate surface area is 186 Å². The van der Waals surface area contributed by atoms with Gasteiger partial charge in [0.05, 0.1) is 12.2 Å². The van der Waals surface area contributed by atoms with Crippen molar-refractivity contribution in [3.05, 3.63) is 76.4 Å². The van der Waals surface area contributed by atoms with Gasteiger partial charge in [-0.2, -0.15) is 13.5 Å². The Bertz CT molecular complexity index is 1220. The molecule has 3 aromatic rings. The summed E-state index contributed by atoms with van der Waals surface area (Å²) in [5, 5.41) is 4.62. The lowest BCUT2D eigenvalue weighted by molar-refractivity contribution is 0.0749. The molecule has 0 atom stereocenters. The van der Waals surface area contributed by atoms with Crippen molar-refractivity contribution >= 4 is 33.2 Å². The van der Waals surface area contributed by atoms with E-state index in [1.54, 1.807) is 54.5 Å². The lowest BCUT2D eigenvalue weighted by Crippen LogP contribution is -2.38. The summed E-state index contributed by atoms with van der Waals surface area (Å²) in [5.74, 6) is -0.0766. The van der Waals surface area contributed by atoms with Crippen molar-refractivity contribution in [2.45, 2.75) is 24.9 Å². The Hall–Kier alpha value is -2.84. The first-order chi connectivity index (χ1) is 14.8. The number of benzene rings is 2. The predicted molar refractivity (Wildman–Crippen MR) is 120 cm³/mol. The van der Waals surface area contributed by atoms with E-state index in [2.05, 4.69) is 5.10 Å². The molecule has 1 aromatic heterocycles. The van der Waals surface area contributed by atoms with Crippen LogP contribution in [0.2, 0.25) is 5.02 Å². The fourth-order valence-corrected chi connectivity index (χ4v) is 5.21. The van der Waals surface area contributed by atoms with Crippen molar-refractivity contribution in [2.75, 3.05) is 17.4 Å². The molecule has 7 nitrogen and oxygen atoms in total. The first kappa shape index (κ1) is 21.4. The van der Waals surface area contributed by atoms with Crippen LogP contribution in [0.15, 0.2) is 59.8 Å². The second-order valence-corrected chi connectivity index (χ2v) is 9.69. The molecule has 0 N–H and O–H groups in total. The normalized spacial score (nSPS) is 13.9. The zero-order valence-corrected chi connectivity index (χ0v) is 18.9. The topological polar surface area (TPSA) is 75.5 Å². The van der Waals surface area contributed by atoms with Crippen LogP contribution in [0.4, 0.5) is 5.69 Å². The van der Waals surface area contributed by atoms with E-state index in [1.165, 1.54) is 15.1 Å². The predicted octanol–water partition coefficient (Wildman–Crippen LogP) is 3.49. The first-order valence-corrected chi connectivity index (χ1v) is 11.8. The van der Waals surface area contributed by atoms with Gasteiger partial charge in [-0.25, -0.2) is 0 Å². The molecule has 0 unspecified atom stereocenters. The van der Waals surface area contributed by atoms with Crippen LogP contribution in [-0.2, 0) is 30.0 Å². The average Bonchev–Trinajstić information content (AvgIpc) is 3.21. The Kier molecular flexibility index (Phi) is 5.77. The maximum Gasteiger partial charge on any atom is 0.283 e. The van der Waals surface area contributed by atoms with Gasteiger partial charge >= 0.3 is 0 Å². The van der Waals surface area contributed by atoms with E-state index in [0.29, 0.717) is 29.4 Å². The Morgan fingerprint density at radius 1 is 1.13 bits per heavy atom. The Morgan fingerprint density at radius 2 is 1.87 bits per heavy atom. The fraction of sp³-hybridized carbons (Fsp3) is 0.273. The van der Waals surface area contributed by atoms with Gasteiger partial charge in [0, 0.05) is 36.9 Å². The number of sulfonamides is 1. The highest BCUT2D eigenvalue weighted by molar-refractivity contribution is 7.92.